The number of aliphatic hydroxyl groups excluding tert-OH is 3. The van der Waals surface area contributed by atoms with Crippen LogP contribution in [0.15, 0.2) is 164 Å². The minimum Gasteiger partial charge on any atom is -0.507 e. The van der Waals surface area contributed by atoms with Gasteiger partial charge in [0.25, 0.3) is 23.6 Å². The number of likely N-dealkylation sites (N-methyl/N-ethyl adjacent to an activating group) is 1. The molecule has 0 spiro atoms. The molecule has 0 radical (unpaired) electrons. The summed E-state index contributed by atoms with van der Waals surface area (Å²) in [4.78, 5) is 161. The number of hydrogen-bond acceptors (Lipinski definition) is 19. The summed E-state index contributed by atoms with van der Waals surface area (Å²) in [6.45, 7) is 20.7. The average Bonchev–Trinajstić information content (AvgIpc) is 0.825. The molecule has 16 N–H and O–H groups in total. The number of phenolic OH excluding ortho intramolecular Hbond substituents is 3. The quantitative estimate of drug-likeness (QED) is 0.0524. The first-order chi connectivity index (χ1) is 55.8. The first-order valence-corrected chi connectivity index (χ1v) is 39.9. The number of esters is 1. The van der Waals surface area contributed by atoms with Crippen LogP contribution in [0.2, 0.25) is 0 Å². The number of benzene rings is 6. The number of carbonyl (C=O) groups is 12. The Morgan fingerprint density at radius 3 is 1.03 bits per heavy atom. The number of rotatable bonds is 18. The highest BCUT2D eigenvalue weighted by atomic mass is 16.5. The van der Waals surface area contributed by atoms with Gasteiger partial charge in [-0.3, -0.25) is 57.5 Å². The maximum Gasteiger partial charge on any atom is 0.312 e. The fraction of sp³-hybridized carbons (Fsp3) is 0.455. The van der Waals surface area contributed by atoms with Crippen molar-refractivity contribution in [1.82, 2.24) is 58.1 Å². The molecule has 30 nitrogen and oxygen atoms in total. The molecule has 30 heteroatoms. The second-order valence-corrected chi connectivity index (χ2v) is 31.9. The maximum atomic E-state index is 13.7. The van der Waals surface area contributed by atoms with Gasteiger partial charge in [-0.2, -0.15) is 0 Å². The fourth-order valence-corrected chi connectivity index (χ4v) is 14.1. The van der Waals surface area contributed by atoms with E-state index < -0.39 is 180 Å². The number of carbonyl (C=O) groups excluding carboxylic acids is 12. The van der Waals surface area contributed by atoms with Crippen molar-refractivity contribution in [2.45, 2.75) is 212 Å². The number of ether oxygens (including phenoxy) is 1. The molecule has 6 aromatic carbocycles. The normalized spacial score (nSPS) is 26.4. The summed E-state index contributed by atoms with van der Waals surface area (Å²) >= 11 is 0. The van der Waals surface area contributed by atoms with Crippen molar-refractivity contribution in [2.75, 3.05) is 7.05 Å². The number of amides is 11. The van der Waals surface area contributed by atoms with Crippen LogP contribution in [0.25, 0.3) is 0 Å². The molecule has 0 bridgehead atoms. The largest absolute Gasteiger partial charge is 0.507 e. The van der Waals surface area contributed by atoms with Gasteiger partial charge >= 0.3 is 5.97 Å². The van der Waals surface area contributed by atoms with Gasteiger partial charge in [0.2, 0.25) is 41.4 Å². The fourth-order valence-electron chi connectivity index (χ4n) is 14.1. The molecule has 6 aromatic rings. The third kappa shape index (κ3) is 26.4. The number of aromatic hydroxyl groups is 3. The summed E-state index contributed by atoms with van der Waals surface area (Å²) in [6.07, 6.45) is -3.52. The monoisotopic (exact) mass is 1630 g/mol. The Morgan fingerprint density at radius 1 is 0.373 bits per heavy atom. The molecule has 9 rings (SSSR count). The molecule has 3 aliphatic heterocycles. The van der Waals surface area contributed by atoms with Crippen molar-refractivity contribution in [1.29, 1.82) is 0 Å². The first kappa shape index (κ1) is 93.4. The molecule has 3 heterocycles. The summed E-state index contributed by atoms with van der Waals surface area (Å²) in [5, 5.41) is 91.6. The number of phenols is 3. The number of para-hydroxylation sites is 3. The lowest BCUT2D eigenvalue weighted by Crippen LogP contribution is -2.64. The first-order valence-electron chi connectivity index (χ1n) is 39.9. The Morgan fingerprint density at radius 2 is 0.686 bits per heavy atom. The Balaban J connectivity index is 0.000000244. The van der Waals surface area contributed by atoms with Crippen molar-refractivity contribution in [3.63, 3.8) is 0 Å². The van der Waals surface area contributed by atoms with Gasteiger partial charge in [0.05, 0.1) is 89.0 Å². The van der Waals surface area contributed by atoms with Crippen LogP contribution in [0.4, 0.5) is 0 Å². The van der Waals surface area contributed by atoms with E-state index >= 15 is 0 Å². The van der Waals surface area contributed by atoms with Crippen LogP contribution < -0.4 is 53.2 Å². The van der Waals surface area contributed by atoms with E-state index in [-0.39, 0.29) is 77.4 Å². The van der Waals surface area contributed by atoms with Gasteiger partial charge in [-0.1, -0.05) is 183 Å². The van der Waals surface area contributed by atoms with Crippen LogP contribution in [0.5, 0.6) is 17.2 Å². The van der Waals surface area contributed by atoms with Crippen LogP contribution in [-0.4, -0.2) is 204 Å². The number of hydrogen-bond donors (Lipinski definition) is 16. The van der Waals surface area contributed by atoms with Gasteiger partial charge in [0.1, 0.15) is 47.5 Å². The summed E-state index contributed by atoms with van der Waals surface area (Å²) < 4.78 is 5.56. The highest BCUT2D eigenvalue weighted by molar-refractivity contribution is 6.02. The molecule has 0 saturated carbocycles. The number of cyclic esters (lactones) is 1. The van der Waals surface area contributed by atoms with E-state index in [1.807, 2.05) is 133 Å². The molecule has 118 heavy (non-hydrogen) atoms. The molecular formula is C88H115N11O19. The van der Waals surface area contributed by atoms with Crippen LogP contribution in [-0.2, 0) is 67.2 Å². The van der Waals surface area contributed by atoms with E-state index in [2.05, 4.69) is 53.2 Å². The minimum absolute atomic E-state index is 0.00248. The molecule has 0 aliphatic carbocycles. The second kappa shape index (κ2) is 44.0. The lowest BCUT2D eigenvalue weighted by molar-refractivity contribution is -0.165. The van der Waals surface area contributed by atoms with Gasteiger partial charge in [0.15, 0.2) is 6.10 Å². The predicted octanol–water partition coefficient (Wildman–Crippen LogP) is 4.56. The number of aliphatic hydroxyl groups is 3. The molecule has 3 aliphatic rings. The van der Waals surface area contributed by atoms with Crippen molar-refractivity contribution in [3.05, 3.63) is 197 Å². The van der Waals surface area contributed by atoms with Crippen LogP contribution in [0.1, 0.15) is 150 Å². The lowest BCUT2D eigenvalue weighted by Gasteiger charge is -2.37. The van der Waals surface area contributed by atoms with Crippen LogP contribution >= 0.6 is 0 Å². The van der Waals surface area contributed by atoms with Gasteiger partial charge in [-0.05, 0) is 137 Å². The van der Waals surface area contributed by atoms with E-state index in [0.29, 0.717) is 12.8 Å². The van der Waals surface area contributed by atoms with Crippen LogP contribution in [0, 0.1) is 35.5 Å². The molecule has 636 valence electrons. The topological polar surface area (TPSA) is 459 Å². The smallest absolute Gasteiger partial charge is 0.312 e. The zero-order chi connectivity index (χ0) is 86.9. The van der Waals surface area contributed by atoms with Crippen molar-refractivity contribution >= 4 is 70.9 Å². The SMILES string of the molecule is CC(C)CC1C(=O)N[C@H](C)[C@H](NC(=O)c2ccccc2O)C(=O)N[C@@H](Cc2ccccc2)[C@@H](O)[C@@H](C)C(=O)N1C.CC(C)CC1NC(=O)[C@H](C)[C@H](O)[C@H](Cc2ccccc2)NC(=O)[C@@H](NC(=O)c2ccccc2O)[C@@H](C)NC1=O.CC(C)CC1OC(=O)[C@H](C)[C@H](O)[C@H](Cc2ccccc2)NC(=O)[C@@H](NC(=O)c2ccccc2O)[C@@H](C)NC1=O. The van der Waals surface area contributed by atoms with Crippen molar-refractivity contribution in [2.24, 2.45) is 35.5 Å². The highest BCUT2D eigenvalue weighted by Crippen LogP contribution is 2.26. The van der Waals surface area contributed by atoms with Gasteiger partial charge in [-0.15, -0.1) is 0 Å². The van der Waals surface area contributed by atoms with Crippen molar-refractivity contribution < 1.29 is 92.9 Å². The maximum absolute atomic E-state index is 13.7. The third-order valence-electron chi connectivity index (χ3n) is 21.0. The van der Waals surface area contributed by atoms with Crippen LogP contribution in [0.3, 0.4) is 0 Å². The van der Waals surface area contributed by atoms with Crippen molar-refractivity contribution in [3.8, 4) is 17.2 Å². The third-order valence-corrected chi connectivity index (χ3v) is 21.0. The summed E-state index contributed by atoms with van der Waals surface area (Å²) in [5.74, 6) is -11.0. The van der Waals surface area contributed by atoms with Gasteiger partial charge in [0, 0.05) is 7.05 Å². The number of nitrogens with zero attached hydrogens (tertiary/aromatic N) is 1. The molecule has 18 atom stereocenters. The Hall–Kier alpha value is -11.8. The average molecular weight is 1630 g/mol. The molecule has 11 amide bonds. The summed E-state index contributed by atoms with van der Waals surface area (Å²) in [5.41, 5.74) is 2.36. The Labute approximate surface area is 688 Å². The predicted molar refractivity (Wildman–Crippen MR) is 439 cm³/mol. The molecular weight excluding hydrogens is 1520 g/mol. The van der Waals surface area contributed by atoms with E-state index in [9.17, 15) is 88.2 Å². The summed E-state index contributed by atoms with van der Waals surface area (Å²) in [6, 6.07) is 34.4. The molecule has 0 aromatic heterocycles. The van der Waals surface area contributed by atoms with E-state index in [1.54, 1.807) is 71.0 Å². The molecule has 3 unspecified atom stereocenters. The summed E-state index contributed by atoms with van der Waals surface area (Å²) in [7, 11) is 1.54. The zero-order valence-electron chi connectivity index (χ0n) is 68.9. The van der Waals surface area contributed by atoms with E-state index in [1.165, 1.54) is 55.3 Å². The second-order valence-electron chi connectivity index (χ2n) is 31.9. The number of nitrogens with one attached hydrogen (secondary N) is 10. The Kier molecular flexibility index (Phi) is 34.8. The minimum atomic E-state index is -1.35. The van der Waals surface area contributed by atoms with Gasteiger partial charge in [-0.25, -0.2) is 0 Å². The molecule has 3 fully saturated rings. The standard InChI is InChI=1S/C30H40N4O6.C29H38N4O6.C29H37N3O7/c1-17(2)15-23-28(38)31-19(4)25(33-27(37)21-13-9-10-14-24(21)35)29(39)32-22(16-20-11-7-6-8-12-20)26(36)18(3)30(40)34(23)5;1-16(2)14-22-28(38)30-18(4)24(33-27(37)20-12-8-9-13-23(20)34)29(39)31-21(15-19-10-6-5-7-11-19)25(35)17(3)26(36)32-22;1-16(2)14-23-27(36)30-18(4)24(32-26(35)20-12-8-9-13-22(20)33)28(37)31-21(15-19-10-6-5-7-11-19)25(34)17(3)29(38)39-23/h6-14,17-19,22-23,25-26,35-36H,15-16H2,1-5H3,(H,31,38)(H,32,39)(H,33,37);5-13,16-18,21-22,24-25,34-35H,14-15H2,1-4H3,(H,30,38)(H,31,39)(H,32,36)(H,33,37);5-13,16-18,21,23-25,33-34H,14-15H2,1-4H3,(H,30,36)(H,31,37)(H,32,35)/t18-,19-,22+,23?,25+,26+;17-,18-,21+,22?,24+,25+;17-,18-,21+,23?,24+,25+/m111/s1. The highest BCUT2D eigenvalue weighted by Gasteiger charge is 2.44. The van der Waals surface area contributed by atoms with E-state index in [4.69, 9.17) is 4.74 Å². The lowest BCUT2D eigenvalue weighted by atomic mass is 9.90. The Bertz CT molecular complexity index is 4240. The van der Waals surface area contributed by atoms with E-state index in [0.717, 1.165) is 16.7 Å². The van der Waals surface area contributed by atoms with Gasteiger partial charge < -0.3 is 93.4 Å². The molecule has 3 saturated heterocycles. The zero-order valence-corrected chi connectivity index (χ0v) is 68.9.